The van der Waals surface area contributed by atoms with Crippen molar-refractivity contribution in [2.75, 3.05) is 26.7 Å². The van der Waals surface area contributed by atoms with Crippen molar-refractivity contribution in [1.82, 2.24) is 25.4 Å². The first-order chi connectivity index (χ1) is 62.7. The number of carboxylic acids is 1. The Kier molecular flexibility index (Phi) is 42.3. The number of carbonyl (C=O) groups is 12. The lowest BCUT2D eigenvalue weighted by Crippen LogP contribution is -2.68. The Morgan fingerprint density at radius 3 is 0.919 bits per heavy atom. The van der Waals surface area contributed by atoms with Gasteiger partial charge in [-0.1, -0.05) is 102 Å². The Morgan fingerprint density at radius 1 is 0.412 bits per heavy atom. The third-order valence-corrected chi connectivity index (χ3v) is 42.6. The maximum absolute atomic E-state index is 13.1. The van der Waals surface area contributed by atoms with E-state index in [9.17, 15) is 108 Å². The van der Waals surface area contributed by atoms with Crippen LogP contribution in [0, 0.1) is 0 Å². The van der Waals surface area contributed by atoms with Crippen molar-refractivity contribution in [1.29, 1.82) is 0 Å². The van der Waals surface area contributed by atoms with Gasteiger partial charge in [-0.05, 0) is 176 Å². The molecule has 0 fully saturated rings. The summed E-state index contributed by atoms with van der Waals surface area (Å²) in [5.74, 6) is -13.0. The molecule has 2 aromatic carbocycles. The van der Waals surface area contributed by atoms with E-state index in [-0.39, 0.29) is 52.8 Å². The zero-order valence-corrected chi connectivity index (χ0v) is 86.9. The smallest absolute Gasteiger partial charge is 0.347 e. The molecule has 6 heterocycles. The van der Waals surface area contributed by atoms with Crippen LogP contribution in [0.1, 0.15) is 199 Å². The molecule has 3 aromatic heterocycles. The molecule has 0 unspecified atom stereocenters. The maximum Gasteiger partial charge on any atom is 0.347 e. The van der Waals surface area contributed by atoms with Gasteiger partial charge in [-0.25, -0.2) is 113 Å². The van der Waals surface area contributed by atoms with Crippen LogP contribution in [-0.2, 0) is 169 Å². The predicted molar refractivity (Wildman–Crippen MR) is 492 cm³/mol. The number of hydrogen-bond donors (Lipinski definition) is 8. The number of amides is 2. The number of aliphatic hydroxyl groups excluding tert-OH is 1. The molecular formula is C83H118N6O37S9Si. The van der Waals surface area contributed by atoms with Gasteiger partial charge in [0.2, 0.25) is 10.0 Å². The Hall–Kier alpha value is -9.18. The average Bonchev–Trinajstić information content (AvgIpc) is 1.50. The number of ether oxygens (including phenoxy) is 10. The largest absolute Gasteiger partial charge is 0.479 e. The summed E-state index contributed by atoms with van der Waals surface area (Å²) in [5, 5.41) is 32.1. The highest BCUT2D eigenvalue weighted by atomic mass is 32.3. The number of aliphatic hydroxyl groups is 1. The minimum atomic E-state index is -4.53. The van der Waals surface area contributed by atoms with Crippen molar-refractivity contribution in [2.24, 2.45) is 5.14 Å². The van der Waals surface area contributed by atoms with E-state index in [1.165, 1.54) is 66.9 Å². The zero-order valence-electron chi connectivity index (χ0n) is 78.6. The van der Waals surface area contributed by atoms with Crippen LogP contribution in [0.15, 0.2) is 104 Å². The Labute approximate surface area is 803 Å². The third-order valence-electron chi connectivity index (χ3n) is 20.8. The number of thiophene rings is 3. The summed E-state index contributed by atoms with van der Waals surface area (Å²) in [6.07, 6.45) is -15.8. The second-order valence-corrected chi connectivity index (χ2v) is 53.2. The molecule has 0 radical (unpaired) electrons. The molecule has 53 heteroatoms. The number of nitrogens with two attached hydrogens (primary N) is 1. The van der Waals surface area contributed by atoms with Crippen LogP contribution in [0.25, 0.3) is 0 Å². The molecule has 760 valence electrons. The number of fused-ring (bicyclic) bond motifs is 3. The van der Waals surface area contributed by atoms with Gasteiger partial charge in [-0.3, -0.25) is 9.59 Å². The Morgan fingerprint density at radius 2 is 0.662 bits per heavy atom. The number of primary sulfonamides is 1. The number of aliphatic carboxylic acids is 1. The minimum Gasteiger partial charge on any atom is -0.479 e. The minimum absolute atomic E-state index is 0.0864. The summed E-state index contributed by atoms with van der Waals surface area (Å²) in [4.78, 5) is 145. The molecule has 0 saturated carbocycles. The number of esters is 9. The summed E-state index contributed by atoms with van der Waals surface area (Å²) in [5.41, 5.74) is 1.13. The SMILES string of the molecule is CCN[C@H]1C[C@H](C)S(=O)(=O)c2sc(S(=O)(=O)NC(=O)[C@H](C)OC(=O)[C@H](C)OC(=O)[C@H](C)OC(=O)[C@H](C)O)cc21.CCN[C@H]1C[C@H](C)S(=O)(=O)c2sc(S(=O)(=O)NC(=O)[C@H](C)OC(=O)[C@H](C)OC(=O)[C@H](C)OC(=O)[C@H](C)OC)cc21.CCN[C@H]1C[C@H](C)S(=O)(=O)c2sc(S(N)(=O)=O)cc21.C[C@H](O[Si](c1ccccc1)(c1ccccc1)C(C)(C)C)C(=O)O[C@H](C)C(=O)O[C@H](C)C(=O)O[C@H](C)C(=O)O. The molecule has 3 aliphatic heterocycles. The standard InChI is InChI=1S/C28H36O9Si.C23H34N2O12S3.C22H32N2O12S3.C10H16N2O4S3/c1-18(24(29)30)34-25(31)19(2)35-26(32)20(3)36-27(33)21(4)37-38(28(5,6)7,22-14-10-8-11-15-22)23-16-12-9-13-17-23;1-8-24-17-9-11(2)39(30,31)23-16(17)10-18(38-23)40(32,33)25-19(26)12(3)35-21(28)14(5)37-22(29)15(6)36-20(27)13(4)34-7;1-7-23-16-8-10(2)38(30,31)22-15(16)9-17(37-22)39(32,33)24-18(26)12(4)34-20(28)14(6)36-21(29)13(5)35-19(27)11(3)25;1-3-12-8-4-6(2)18(13,14)10-7(8)5-9(17-10)19(11,15)16/h8-21H,1-7H3,(H,29,30);10-15,17,24H,8-9H2,1-7H3,(H,25,26);9-14,16,23,25H,7-8H2,1-6H3,(H,24,26);5-6,8,12H,3-4H2,1-2H3,(H2,11,15,16)/t18-,19-,20-,21+;11-,12-,13-,14-,15-,17-;10-,11-,12-,13-,14-,16-;6-,8-/m1000/s1. The first kappa shape index (κ1) is 117. The van der Waals surface area contributed by atoms with Crippen LogP contribution in [0.2, 0.25) is 5.04 Å². The van der Waals surface area contributed by atoms with Crippen molar-refractivity contribution in [3.8, 4) is 0 Å². The number of hydrogen-bond acceptors (Lipinski definition) is 42. The summed E-state index contributed by atoms with van der Waals surface area (Å²) in [6.45, 7) is 32.9. The summed E-state index contributed by atoms with van der Waals surface area (Å²) >= 11 is 1.80. The van der Waals surface area contributed by atoms with Crippen LogP contribution in [0.4, 0.5) is 0 Å². The van der Waals surface area contributed by atoms with E-state index >= 15 is 0 Å². The fourth-order valence-corrected chi connectivity index (χ4v) is 32.2. The molecule has 18 atom stereocenters. The lowest BCUT2D eigenvalue weighted by molar-refractivity contribution is -0.182. The van der Waals surface area contributed by atoms with E-state index < -0.39 is 237 Å². The molecule has 3 aliphatic rings. The van der Waals surface area contributed by atoms with E-state index in [2.05, 4.69) is 41.5 Å². The molecule has 2 amide bonds. The van der Waals surface area contributed by atoms with E-state index in [0.29, 0.717) is 65.4 Å². The van der Waals surface area contributed by atoms with Crippen molar-refractivity contribution in [2.45, 2.75) is 302 Å². The highest BCUT2D eigenvalue weighted by Crippen LogP contribution is 2.46. The van der Waals surface area contributed by atoms with Gasteiger partial charge in [0.25, 0.3) is 40.2 Å². The molecule has 0 aliphatic carbocycles. The van der Waals surface area contributed by atoms with E-state index in [1.807, 2.05) is 81.4 Å². The number of sulfone groups is 3. The number of carboxylic acid groups (broad SMARTS) is 1. The normalized spacial score (nSPS) is 20.2. The van der Waals surface area contributed by atoms with Gasteiger partial charge in [0.05, 0.1) is 15.7 Å². The molecule has 5 aromatic rings. The fourth-order valence-electron chi connectivity index (χ4n) is 13.0. The van der Waals surface area contributed by atoms with Crippen LogP contribution in [0.3, 0.4) is 0 Å². The van der Waals surface area contributed by atoms with Gasteiger partial charge >= 0.3 is 59.7 Å². The first-order valence-electron chi connectivity index (χ1n) is 42.3. The van der Waals surface area contributed by atoms with Gasteiger partial charge in [0.15, 0.2) is 90.6 Å². The zero-order chi connectivity index (χ0) is 104. The molecule has 136 heavy (non-hydrogen) atoms. The summed E-state index contributed by atoms with van der Waals surface area (Å²) < 4.78 is 208. The number of methoxy groups -OCH3 is 1. The average molecular weight is 2110 g/mol. The monoisotopic (exact) mass is 2110 g/mol. The van der Waals surface area contributed by atoms with Crippen LogP contribution in [0.5, 0.6) is 0 Å². The van der Waals surface area contributed by atoms with E-state index in [4.69, 9.17) is 62.4 Å². The highest BCUT2D eigenvalue weighted by molar-refractivity contribution is 7.97. The molecule has 0 spiro atoms. The first-order valence-corrected chi connectivity index (χ1v) is 55.8. The molecule has 8 rings (SSSR count). The number of carbonyl (C=O) groups excluding carboxylic acids is 11. The van der Waals surface area contributed by atoms with Crippen LogP contribution in [-0.4, -0.2) is 256 Å². The van der Waals surface area contributed by atoms with Crippen molar-refractivity contribution in [3.05, 3.63) is 95.6 Å². The topological polar surface area (TPSA) is 638 Å². The van der Waals surface area contributed by atoms with Gasteiger partial charge in [0.1, 0.15) is 37.5 Å². The molecular weight excluding hydrogens is 1990 g/mol. The van der Waals surface area contributed by atoms with Gasteiger partial charge in [-0.2, -0.15) is 0 Å². The van der Waals surface area contributed by atoms with Gasteiger partial charge in [-0.15, -0.1) is 34.0 Å². The Bertz CT molecular complexity index is 5830. The van der Waals surface area contributed by atoms with Gasteiger partial charge < -0.3 is 78.0 Å². The molecule has 9 N–H and O–H groups in total. The highest BCUT2D eigenvalue weighted by Gasteiger charge is 2.53. The molecule has 0 saturated heterocycles. The van der Waals surface area contributed by atoms with E-state index in [1.54, 1.807) is 30.2 Å². The Balaban J connectivity index is 0.000000329. The summed E-state index contributed by atoms with van der Waals surface area (Å²) in [7, 11) is -25.7. The van der Waals surface area contributed by atoms with Crippen LogP contribution >= 0.6 is 34.0 Å². The van der Waals surface area contributed by atoms with Crippen molar-refractivity contribution in [3.63, 3.8) is 0 Å². The third kappa shape index (κ3) is 30.2. The van der Waals surface area contributed by atoms with E-state index in [0.717, 1.165) is 63.3 Å². The van der Waals surface area contributed by atoms with Crippen molar-refractivity contribution < 1.29 is 170 Å². The number of nitrogens with one attached hydrogen (secondary N) is 5. The summed E-state index contributed by atoms with van der Waals surface area (Å²) in [6, 6.07) is 22.4. The molecule has 0 bridgehead atoms. The number of rotatable bonds is 37. The van der Waals surface area contributed by atoms with Gasteiger partial charge in [0, 0.05) is 41.9 Å². The lowest BCUT2D eigenvalue weighted by atomic mass is 10.1. The maximum atomic E-state index is 13.1. The predicted octanol–water partition coefficient (Wildman–Crippen LogP) is 3.99. The lowest BCUT2D eigenvalue weighted by Gasteiger charge is -2.44. The number of sulfonamides is 3. The number of benzene rings is 2. The van der Waals surface area contributed by atoms with Crippen LogP contribution < -0.4 is 40.9 Å². The fraction of sp³-hybridized carbons (Fsp3) is 0.566. The van der Waals surface area contributed by atoms with Crippen molar-refractivity contribution >= 4 is 184 Å². The quantitative estimate of drug-likeness (QED) is 0.0158. The molecule has 43 nitrogen and oxygen atoms in total. The second-order valence-electron chi connectivity index (χ2n) is 32.5. The second kappa shape index (κ2) is 49.1.